The fourth-order valence-corrected chi connectivity index (χ4v) is 3.96. The highest BCUT2D eigenvalue weighted by molar-refractivity contribution is 5.21. The van der Waals surface area contributed by atoms with Crippen LogP contribution in [0.4, 0.5) is 0 Å². The molecule has 2 bridgehead atoms. The van der Waals surface area contributed by atoms with Gasteiger partial charge in [0, 0.05) is 30.2 Å². The minimum Gasteiger partial charge on any atom is -0.361 e. The van der Waals surface area contributed by atoms with Crippen LogP contribution in [0, 0.1) is 13.8 Å². The zero-order valence-electron chi connectivity index (χ0n) is 13.0. The van der Waals surface area contributed by atoms with E-state index in [1.165, 1.54) is 37.7 Å². The fourth-order valence-electron chi connectivity index (χ4n) is 3.96. The van der Waals surface area contributed by atoms with Crippen molar-refractivity contribution >= 4 is 0 Å². The molecule has 2 fully saturated rings. The summed E-state index contributed by atoms with van der Waals surface area (Å²) in [6, 6.07) is 2.22. The molecular formula is C16H27N3O. The number of piperidine rings is 1. The summed E-state index contributed by atoms with van der Waals surface area (Å²) >= 11 is 0. The summed E-state index contributed by atoms with van der Waals surface area (Å²) in [7, 11) is 0. The van der Waals surface area contributed by atoms with Crippen molar-refractivity contribution in [2.75, 3.05) is 6.54 Å². The van der Waals surface area contributed by atoms with Crippen LogP contribution in [0.15, 0.2) is 4.52 Å². The summed E-state index contributed by atoms with van der Waals surface area (Å²) in [6.07, 6.45) is 6.56. The van der Waals surface area contributed by atoms with Crippen molar-refractivity contribution < 1.29 is 4.52 Å². The van der Waals surface area contributed by atoms with Crippen LogP contribution in [-0.2, 0) is 6.54 Å². The lowest BCUT2D eigenvalue weighted by Crippen LogP contribution is -2.48. The predicted octanol–water partition coefficient (Wildman–Crippen LogP) is 2.79. The van der Waals surface area contributed by atoms with Gasteiger partial charge in [-0.3, -0.25) is 4.90 Å². The van der Waals surface area contributed by atoms with Gasteiger partial charge in [0.1, 0.15) is 5.76 Å². The molecule has 4 nitrogen and oxygen atoms in total. The van der Waals surface area contributed by atoms with E-state index in [0.29, 0.717) is 0 Å². The minimum atomic E-state index is 0.730. The van der Waals surface area contributed by atoms with E-state index in [1.807, 2.05) is 6.92 Å². The van der Waals surface area contributed by atoms with Crippen LogP contribution in [0.5, 0.6) is 0 Å². The smallest absolute Gasteiger partial charge is 0.138 e. The van der Waals surface area contributed by atoms with E-state index in [-0.39, 0.29) is 0 Å². The maximum absolute atomic E-state index is 5.31. The third-order valence-corrected chi connectivity index (χ3v) is 5.09. The molecule has 0 amide bonds. The molecular weight excluding hydrogens is 250 g/mol. The standard InChI is InChI=1S/C16H27N3O/c1-4-7-17-13-8-14-5-6-15(9-13)19(14)10-16-11(2)18-20-12(16)3/h13-15,17H,4-10H2,1-3H3. The molecule has 0 aromatic carbocycles. The van der Waals surface area contributed by atoms with E-state index in [1.54, 1.807) is 0 Å². The second-order valence-electron chi connectivity index (χ2n) is 6.48. The third kappa shape index (κ3) is 2.63. The van der Waals surface area contributed by atoms with Gasteiger partial charge < -0.3 is 9.84 Å². The van der Waals surface area contributed by atoms with E-state index in [2.05, 4.69) is 29.2 Å². The minimum absolute atomic E-state index is 0.730. The molecule has 2 saturated heterocycles. The molecule has 112 valence electrons. The molecule has 1 N–H and O–H groups in total. The van der Waals surface area contributed by atoms with Crippen molar-refractivity contribution in [1.82, 2.24) is 15.4 Å². The van der Waals surface area contributed by atoms with E-state index in [0.717, 1.165) is 42.7 Å². The van der Waals surface area contributed by atoms with Gasteiger partial charge in [0.15, 0.2) is 0 Å². The van der Waals surface area contributed by atoms with Crippen LogP contribution in [0.1, 0.15) is 56.0 Å². The predicted molar refractivity (Wildman–Crippen MR) is 79.6 cm³/mol. The first-order chi connectivity index (χ1) is 9.69. The topological polar surface area (TPSA) is 41.3 Å². The van der Waals surface area contributed by atoms with Crippen LogP contribution in [0.3, 0.4) is 0 Å². The summed E-state index contributed by atoms with van der Waals surface area (Å²) in [5.41, 5.74) is 2.37. The van der Waals surface area contributed by atoms with Gasteiger partial charge in [-0.1, -0.05) is 12.1 Å². The first-order valence-corrected chi connectivity index (χ1v) is 8.10. The van der Waals surface area contributed by atoms with Gasteiger partial charge in [-0.25, -0.2) is 0 Å². The molecule has 2 aliphatic rings. The van der Waals surface area contributed by atoms with Crippen molar-refractivity contribution in [3.05, 3.63) is 17.0 Å². The molecule has 20 heavy (non-hydrogen) atoms. The SMILES string of the molecule is CCCNC1CC2CCC(C1)N2Cc1c(C)noc1C. The van der Waals surface area contributed by atoms with Gasteiger partial charge in [0.05, 0.1) is 5.69 Å². The molecule has 2 atom stereocenters. The van der Waals surface area contributed by atoms with E-state index >= 15 is 0 Å². The average Bonchev–Trinajstić information content (AvgIpc) is 2.87. The highest BCUT2D eigenvalue weighted by Crippen LogP contribution is 2.37. The maximum Gasteiger partial charge on any atom is 0.138 e. The average molecular weight is 277 g/mol. The van der Waals surface area contributed by atoms with Gasteiger partial charge in [0.2, 0.25) is 0 Å². The monoisotopic (exact) mass is 277 g/mol. The van der Waals surface area contributed by atoms with E-state index in [9.17, 15) is 0 Å². The highest BCUT2D eigenvalue weighted by Gasteiger charge is 2.40. The summed E-state index contributed by atoms with van der Waals surface area (Å²) in [6.45, 7) is 8.52. The largest absolute Gasteiger partial charge is 0.361 e. The summed E-state index contributed by atoms with van der Waals surface area (Å²) in [5, 5.41) is 7.81. The van der Waals surface area contributed by atoms with Crippen molar-refractivity contribution in [3.63, 3.8) is 0 Å². The number of aryl methyl sites for hydroxylation is 2. The van der Waals surface area contributed by atoms with Crippen molar-refractivity contribution in [2.45, 2.75) is 77.5 Å². The van der Waals surface area contributed by atoms with E-state index in [4.69, 9.17) is 4.52 Å². The molecule has 3 rings (SSSR count). The van der Waals surface area contributed by atoms with Crippen LogP contribution in [0.25, 0.3) is 0 Å². The quantitative estimate of drug-likeness (QED) is 0.898. The summed E-state index contributed by atoms with van der Waals surface area (Å²) < 4.78 is 5.31. The number of hydrogen-bond donors (Lipinski definition) is 1. The van der Waals surface area contributed by atoms with Crippen molar-refractivity contribution in [1.29, 1.82) is 0 Å². The molecule has 0 spiro atoms. The Bertz CT molecular complexity index is 423. The molecule has 0 saturated carbocycles. The summed E-state index contributed by atoms with van der Waals surface area (Å²) in [5.74, 6) is 0.994. The fraction of sp³-hybridized carbons (Fsp3) is 0.812. The van der Waals surface area contributed by atoms with Gasteiger partial charge in [0.25, 0.3) is 0 Å². The highest BCUT2D eigenvalue weighted by atomic mass is 16.5. The molecule has 3 heterocycles. The Hall–Kier alpha value is -0.870. The summed E-state index contributed by atoms with van der Waals surface area (Å²) in [4.78, 5) is 2.71. The zero-order chi connectivity index (χ0) is 14.1. The zero-order valence-corrected chi connectivity index (χ0v) is 13.0. The number of nitrogens with one attached hydrogen (secondary N) is 1. The second-order valence-corrected chi connectivity index (χ2v) is 6.48. The first-order valence-electron chi connectivity index (χ1n) is 8.10. The van der Waals surface area contributed by atoms with E-state index < -0.39 is 0 Å². The van der Waals surface area contributed by atoms with Gasteiger partial charge >= 0.3 is 0 Å². The lowest BCUT2D eigenvalue weighted by atomic mass is 9.96. The Labute approximate surface area is 121 Å². The number of rotatable bonds is 5. The lowest BCUT2D eigenvalue weighted by molar-refractivity contribution is 0.108. The Morgan fingerprint density at radius 2 is 1.95 bits per heavy atom. The molecule has 4 heteroatoms. The molecule has 0 aliphatic carbocycles. The van der Waals surface area contributed by atoms with Crippen LogP contribution in [-0.4, -0.2) is 34.7 Å². The van der Waals surface area contributed by atoms with Crippen molar-refractivity contribution in [2.24, 2.45) is 0 Å². The normalized spacial score (nSPS) is 30.1. The Kier molecular flexibility index (Phi) is 4.13. The Balaban J connectivity index is 1.65. The van der Waals surface area contributed by atoms with Crippen LogP contribution in [0.2, 0.25) is 0 Å². The van der Waals surface area contributed by atoms with Crippen LogP contribution < -0.4 is 5.32 Å². The second kappa shape index (κ2) is 5.86. The van der Waals surface area contributed by atoms with Gasteiger partial charge in [-0.05, 0) is 52.5 Å². The maximum atomic E-state index is 5.31. The van der Waals surface area contributed by atoms with Gasteiger partial charge in [-0.15, -0.1) is 0 Å². The lowest BCUT2D eigenvalue weighted by Gasteiger charge is -2.39. The number of nitrogens with zero attached hydrogens (tertiary/aromatic N) is 2. The number of fused-ring (bicyclic) bond motifs is 2. The van der Waals surface area contributed by atoms with Crippen molar-refractivity contribution in [3.8, 4) is 0 Å². The first kappa shape index (κ1) is 14.1. The third-order valence-electron chi connectivity index (χ3n) is 5.09. The Morgan fingerprint density at radius 1 is 1.25 bits per heavy atom. The molecule has 2 unspecified atom stereocenters. The van der Waals surface area contributed by atoms with Crippen LogP contribution >= 0.6 is 0 Å². The number of hydrogen-bond acceptors (Lipinski definition) is 4. The Morgan fingerprint density at radius 3 is 2.50 bits per heavy atom. The molecule has 0 radical (unpaired) electrons. The molecule has 1 aromatic heterocycles. The number of aromatic nitrogens is 1. The molecule has 2 aliphatic heterocycles. The van der Waals surface area contributed by atoms with Gasteiger partial charge in [-0.2, -0.15) is 0 Å². The molecule has 1 aromatic rings.